The predicted molar refractivity (Wildman–Crippen MR) is 126 cm³/mol. The van der Waals surface area contributed by atoms with Gasteiger partial charge in [-0.25, -0.2) is 0 Å². The molecule has 1 aliphatic rings. The Labute approximate surface area is 195 Å². The monoisotopic (exact) mass is 457 g/mol. The zero-order chi connectivity index (χ0) is 22.8. The van der Waals surface area contributed by atoms with E-state index in [1.165, 1.54) is 6.07 Å². The number of hydrogen-bond donors (Lipinski definition) is 1. The number of nitro benzene ring substituents is 1. The number of furan rings is 1. The van der Waals surface area contributed by atoms with Crippen LogP contribution in [0.25, 0.3) is 11.3 Å². The summed E-state index contributed by atoms with van der Waals surface area (Å²) in [6, 6.07) is 19.2. The molecule has 4 heterocycles. The van der Waals surface area contributed by atoms with Gasteiger partial charge in [0.05, 0.1) is 22.2 Å². The van der Waals surface area contributed by atoms with Gasteiger partial charge in [-0.2, -0.15) is 0 Å². The maximum Gasteiger partial charge on any atom is 0.280 e. The van der Waals surface area contributed by atoms with Crippen LogP contribution in [0.2, 0.25) is 0 Å². The summed E-state index contributed by atoms with van der Waals surface area (Å²) in [7, 11) is 0. The summed E-state index contributed by atoms with van der Waals surface area (Å²) in [6.07, 6.45) is 5.23. The predicted octanol–water partition coefficient (Wildman–Crippen LogP) is 4.82. The van der Waals surface area contributed by atoms with Crippen LogP contribution in [0.3, 0.4) is 0 Å². The van der Waals surface area contributed by atoms with E-state index in [-0.39, 0.29) is 17.8 Å². The van der Waals surface area contributed by atoms with Crippen LogP contribution in [0.1, 0.15) is 29.1 Å². The Kier molecular flexibility index (Phi) is 5.54. The number of pyridine rings is 2. The summed E-state index contributed by atoms with van der Waals surface area (Å²) in [4.78, 5) is 21.8. The second-order valence-corrected chi connectivity index (χ2v) is 7.97. The minimum Gasteiger partial charge on any atom is -0.459 e. The quantitative estimate of drug-likeness (QED) is 0.250. The number of nitrogens with one attached hydrogen (secondary N) is 1. The normalized spacial score (nSPS) is 17.7. The van der Waals surface area contributed by atoms with Crippen molar-refractivity contribution in [1.82, 2.24) is 20.2 Å². The molecule has 0 saturated carbocycles. The summed E-state index contributed by atoms with van der Waals surface area (Å²) >= 11 is 5.69. The van der Waals surface area contributed by atoms with E-state index in [2.05, 4.69) is 15.3 Å². The highest BCUT2D eigenvalue weighted by Crippen LogP contribution is 2.42. The van der Waals surface area contributed by atoms with Gasteiger partial charge in [0.1, 0.15) is 17.6 Å². The highest BCUT2D eigenvalue weighted by molar-refractivity contribution is 7.80. The number of rotatable bonds is 6. The van der Waals surface area contributed by atoms with Crippen LogP contribution in [0.15, 0.2) is 89.7 Å². The van der Waals surface area contributed by atoms with Gasteiger partial charge >= 0.3 is 0 Å². The minimum absolute atomic E-state index is 0.00612. The molecule has 0 radical (unpaired) electrons. The third-order valence-corrected chi connectivity index (χ3v) is 5.94. The van der Waals surface area contributed by atoms with Gasteiger partial charge in [-0.05, 0) is 60.2 Å². The molecule has 164 valence electrons. The molecule has 0 aliphatic carbocycles. The molecule has 4 aromatic rings. The van der Waals surface area contributed by atoms with E-state index in [1.807, 2.05) is 41.3 Å². The van der Waals surface area contributed by atoms with Crippen molar-refractivity contribution in [3.05, 3.63) is 112 Å². The van der Waals surface area contributed by atoms with Gasteiger partial charge < -0.3 is 14.6 Å². The lowest BCUT2D eigenvalue weighted by atomic mass is 10.0. The Bertz CT molecular complexity index is 1300. The molecule has 9 heteroatoms. The van der Waals surface area contributed by atoms with Gasteiger partial charge in [0.25, 0.3) is 5.69 Å². The van der Waals surface area contributed by atoms with Crippen LogP contribution < -0.4 is 5.32 Å². The molecular formula is C24H19N5O3S. The number of aromatic nitrogens is 2. The summed E-state index contributed by atoms with van der Waals surface area (Å²) in [5, 5.41) is 15.5. The van der Waals surface area contributed by atoms with E-state index in [1.54, 1.807) is 42.9 Å². The van der Waals surface area contributed by atoms with Crippen molar-refractivity contribution in [3.8, 4) is 11.3 Å². The van der Waals surface area contributed by atoms with Crippen LogP contribution in [-0.4, -0.2) is 24.9 Å². The lowest BCUT2D eigenvalue weighted by Gasteiger charge is -2.26. The van der Waals surface area contributed by atoms with Gasteiger partial charge in [-0.3, -0.25) is 20.1 Å². The molecule has 0 unspecified atom stereocenters. The van der Waals surface area contributed by atoms with Gasteiger partial charge in [0.15, 0.2) is 5.11 Å². The number of para-hydroxylation sites is 1. The Hall–Kier alpha value is -4.11. The zero-order valence-corrected chi connectivity index (χ0v) is 18.2. The maximum atomic E-state index is 11.5. The molecule has 8 nitrogen and oxygen atoms in total. The highest BCUT2D eigenvalue weighted by Gasteiger charge is 2.41. The van der Waals surface area contributed by atoms with E-state index < -0.39 is 4.92 Å². The highest BCUT2D eigenvalue weighted by atomic mass is 32.1. The molecule has 33 heavy (non-hydrogen) atoms. The number of nitrogens with zero attached hydrogens (tertiary/aromatic N) is 4. The van der Waals surface area contributed by atoms with Gasteiger partial charge in [0, 0.05) is 31.2 Å². The van der Waals surface area contributed by atoms with Crippen molar-refractivity contribution >= 4 is 23.0 Å². The molecule has 1 N–H and O–H groups in total. The summed E-state index contributed by atoms with van der Waals surface area (Å²) < 4.78 is 6.23. The van der Waals surface area contributed by atoms with E-state index in [0.29, 0.717) is 28.7 Å². The Morgan fingerprint density at radius 3 is 2.58 bits per heavy atom. The minimum atomic E-state index is -0.407. The summed E-state index contributed by atoms with van der Waals surface area (Å²) in [5.74, 6) is 1.07. The van der Waals surface area contributed by atoms with Gasteiger partial charge in [0.2, 0.25) is 0 Å². The lowest BCUT2D eigenvalue weighted by molar-refractivity contribution is -0.384. The van der Waals surface area contributed by atoms with E-state index in [4.69, 9.17) is 16.6 Å². The van der Waals surface area contributed by atoms with Gasteiger partial charge in [-0.15, -0.1) is 0 Å². The van der Waals surface area contributed by atoms with Gasteiger partial charge in [-0.1, -0.05) is 18.2 Å². The second-order valence-electron chi connectivity index (χ2n) is 7.59. The molecule has 2 atom stereocenters. The smallest absolute Gasteiger partial charge is 0.280 e. The first-order chi connectivity index (χ1) is 16.1. The molecule has 0 amide bonds. The van der Waals surface area contributed by atoms with Crippen molar-refractivity contribution in [2.45, 2.75) is 18.6 Å². The molecular weight excluding hydrogens is 438 g/mol. The standard InChI is InChI=1S/C24H19N5O3S/c30-29(31)19-7-2-1-5-17(19)20-8-9-21(32-20)23-22(18-6-3-4-12-26-18)27-24(33)28(23)15-16-10-13-25-14-11-16/h1-14,22-23H,15H2,(H,27,33)/t22-,23-/m1/s1. The van der Waals surface area contributed by atoms with E-state index in [0.717, 1.165) is 11.3 Å². The average molecular weight is 458 g/mol. The molecule has 1 fully saturated rings. The zero-order valence-electron chi connectivity index (χ0n) is 17.4. The third kappa shape index (κ3) is 4.06. The van der Waals surface area contributed by atoms with Crippen LogP contribution in [0.5, 0.6) is 0 Å². The first-order valence-electron chi connectivity index (χ1n) is 10.3. The molecule has 5 rings (SSSR count). The Balaban J connectivity index is 1.56. The van der Waals surface area contributed by atoms with E-state index in [9.17, 15) is 10.1 Å². The lowest BCUT2D eigenvalue weighted by Crippen LogP contribution is -2.29. The van der Waals surface area contributed by atoms with Crippen LogP contribution >= 0.6 is 12.2 Å². The molecule has 1 aromatic carbocycles. The third-order valence-electron chi connectivity index (χ3n) is 5.58. The first-order valence-corrected chi connectivity index (χ1v) is 10.7. The Morgan fingerprint density at radius 1 is 1.03 bits per heavy atom. The maximum absolute atomic E-state index is 11.5. The van der Waals surface area contributed by atoms with Crippen molar-refractivity contribution < 1.29 is 9.34 Å². The fourth-order valence-corrected chi connectivity index (χ4v) is 4.37. The molecule has 1 saturated heterocycles. The van der Waals surface area contributed by atoms with Crippen LogP contribution in [0, 0.1) is 10.1 Å². The summed E-state index contributed by atoms with van der Waals surface area (Å²) in [5.41, 5.74) is 2.29. The second kappa shape index (κ2) is 8.79. The van der Waals surface area contributed by atoms with Crippen LogP contribution in [0.4, 0.5) is 5.69 Å². The molecule has 1 aliphatic heterocycles. The fraction of sp³-hybridized carbons (Fsp3) is 0.125. The fourth-order valence-electron chi connectivity index (χ4n) is 4.07. The average Bonchev–Trinajstić information content (AvgIpc) is 3.45. The number of benzene rings is 1. The van der Waals surface area contributed by atoms with E-state index >= 15 is 0 Å². The number of nitro groups is 1. The molecule has 0 bridgehead atoms. The largest absolute Gasteiger partial charge is 0.459 e. The number of hydrogen-bond acceptors (Lipinski definition) is 6. The Morgan fingerprint density at radius 2 is 1.82 bits per heavy atom. The van der Waals surface area contributed by atoms with Crippen molar-refractivity contribution in [3.63, 3.8) is 0 Å². The number of thiocarbonyl (C=S) groups is 1. The summed E-state index contributed by atoms with van der Waals surface area (Å²) in [6.45, 7) is 0.546. The molecule has 0 spiro atoms. The topological polar surface area (TPSA) is 97.3 Å². The van der Waals surface area contributed by atoms with Crippen LogP contribution in [-0.2, 0) is 6.54 Å². The van der Waals surface area contributed by atoms with Crippen molar-refractivity contribution in [2.75, 3.05) is 0 Å². The van der Waals surface area contributed by atoms with Crippen molar-refractivity contribution in [2.24, 2.45) is 0 Å². The first kappa shape index (κ1) is 20.8. The molecule has 3 aromatic heterocycles. The SMILES string of the molecule is O=[N+]([O-])c1ccccc1-c1ccc([C@@H]2[C@@H](c3ccccn3)NC(=S)N2Cc2ccncc2)o1. The van der Waals surface area contributed by atoms with Crippen molar-refractivity contribution in [1.29, 1.82) is 0 Å².